The third kappa shape index (κ3) is 11.2. The van der Waals surface area contributed by atoms with Crippen LogP contribution in [0.1, 0.15) is 80.6 Å². The van der Waals surface area contributed by atoms with Crippen molar-refractivity contribution < 1.29 is 60.6 Å². The molecule has 1 amide bonds. The first-order valence-corrected chi connectivity index (χ1v) is 23.6. The molecule has 13 atom stereocenters. The van der Waals surface area contributed by atoms with Crippen LogP contribution in [0, 0.1) is 23.7 Å². The summed E-state index contributed by atoms with van der Waals surface area (Å²) in [7, 11) is 0.958. The molecule has 18 nitrogen and oxygen atoms in total. The summed E-state index contributed by atoms with van der Waals surface area (Å²) < 4.78 is 63.7. The molecule has 1 unspecified atom stereocenters. The van der Waals surface area contributed by atoms with Crippen molar-refractivity contribution in [2.75, 3.05) is 40.6 Å². The van der Waals surface area contributed by atoms with Crippen LogP contribution in [0.2, 0.25) is 0 Å². The fourth-order valence-electron chi connectivity index (χ4n) is 9.62. The number of ketones is 2. The lowest BCUT2D eigenvalue weighted by molar-refractivity contribution is -0.295. The third-order valence-electron chi connectivity index (χ3n) is 13.1. The number of hydrogen-bond donors (Lipinski definition) is 1. The van der Waals surface area contributed by atoms with Crippen LogP contribution < -0.4 is 0 Å². The van der Waals surface area contributed by atoms with Crippen molar-refractivity contribution in [2.45, 2.75) is 141 Å². The van der Waals surface area contributed by atoms with Gasteiger partial charge >= 0.3 is 12.1 Å². The fraction of sp³-hybridized carbons (Fsp3) is 0.727. The van der Waals surface area contributed by atoms with Gasteiger partial charge in [-0.1, -0.05) is 27.7 Å². The lowest BCUT2D eigenvalue weighted by Gasteiger charge is -2.47. The number of aromatic nitrogens is 3. The van der Waals surface area contributed by atoms with Gasteiger partial charge in [0.15, 0.2) is 17.7 Å². The van der Waals surface area contributed by atoms with Crippen molar-refractivity contribution >= 4 is 33.7 Å². The first-order valence-electron chi connectivity index (χ1n) is 21.8. The number of carbonyl (C=O) groups is 4. The van der Waals surface area contributed by atoms with E-state index in [1.54, 1.807) is 53.3 Å². The van der Waals surface area contributed by atoms with Gasteiger partial charge in [-0.25, -0.2) is 9.78 Å². The quantitative estimate of drug-likeness (QED) is 0.123. The number of carbonyl (C=O) groups excluding carboxylic acids is 4. The number of pyridine rings is 1. The highest BCUT2D eigenvalue weighted by Crippen LogP contribution is 2.44. The number of fused-ring (bicyclic) bond motifs is 1. The lowest BCUT2D eigenvalue weighted by atomic mass is 9.73. The van der Waals surface area contributed by atoms with Crippen molar-refractivity contribution in [1.82, 2.24) is 24.3 Å². The topological polar surface area (TPSA) is 215 Å². The molecule has 0 aliphatic carbocycles. The average molecular weight is 906 g/mol. The van der Waals surface area contributed by atoms with Crippen molar-refractivity contribution in [2.24, 2.45) is 23.7 Å². The number of aliphatic hydroxyl groups is 1. The number of cyclic esters (lactones) is 1. The molecule has 0 radical (unpaired) electrons. The van der Waals surface area contributed by atoms with Gasteiger partial charge in [0.25, 0.3) is 10.1 Å². The molecule has 1 N–H and O–H groups in total. The number of aliphatic hydroxyl groups excluding tert-OH is 1. The Morgan fingerprint density at radius 3 is 2.35 bits per heavy atom. The molecule has 0 saturated carbocycles. The highest BCUT2D eigenvalue weighted by Gasteiger charge is 2.63. The van der Waals surface area contributed by atoms with Gasteiger partial charge in [-0.3, -0.25) is 23.6 Å². The van der Waals surface area contributed by atoms with E-state index in [0.29, 0.717) is 25.8 Å². The van der Waals surface area contributed by atoms with Crippen LogP contribution in [0.4, 0.5) is 4.79 Å². The summed E-state index contributed by atoms with van der Waals surface area (Å²) in [5, 5.41) is 11.5. The zero-order valence-electron chi connectivity index (χ0n) is 38.5. The molecule has 19 heteroatoms. The summed E-state index contributed by atoms with van der Waals surface area (Å²) in [5.41, 5.74) is -1.76. The van der Waals surface area contributed by atoms with E-state index in [9.17, 15) is 32.7 Å². The molecule has 3 saturated heterocycles. The zero-order valence-corrected chi connectivity index (χ0v) is 39.3. The number of methoxy groups -OCH3 is 1. The number of Topliss-reactive ketones (excluding diaryl/α,β-unsaturated/α-hetero) is 2. The van der Waals surface area contributed by atoms with E-state index in [1.165, 1.54) is 18.9 Å². The molecule has 0 spiro atoms. The number of nitrogens with zero attached hydrogens (tertiary/aromatic N) is 5. The Hall–Kier alpha value is -3.85. The summed E-state index contributed by atoms with van der Waals surface area (Å²) in [6.07, 6.45) is 3.46. The predicted octanol–water partition coefficient (Wildman–Crippen LogP) is 3.89. The Balaban J connectivity index is 1.52. The predicted molar refractivity (Wildman–Crippen MR) is 229 cm³/mol. The van der Waals surface area contributed by atoms with Crippen LogP contribution in [0.5, 0.6) is 0 Å². The molecule has 3 aliphatic rings. The third-order valence-corrected chi connectivity index (χ3v) is 13.7. The first-order chi connectivity index (χ1) is 29.6. The Morgan fingerprint density at radius 1 is 1.03 bits per heavy atom. The monoisotopic (exact) mass is 905 g/mol. The van der Waals surface area contributed by atoms with Crippen LogP contribution in [0.3, 0.4) is 0 Å². The molecular weight excluding hydrogens is 839 g/mol. The molecule has 63 heavy (non-hydrogen) atoms. The Kier molecular flexibility index (Phi) is 16.4. The summed E-state index contributed by atoms with van der Waals surface area (Å²) in [6, 6.07) is 2.22. The lowest BCUT2D eigenvalue weighted by Crippen LogP contribution is -2.62. The van der Waals surface area contributed by atoms with Crippen LogP contribution in [0.25, 0.3) is 11.3 Å². The second-order valence-corrected chi connectivity index (χ2v) is 19.7. The molecular formula is C44H67N5O13S. The summed E-state index contributed by atoms with van der Waals surface area (Å²) in [6.45, 7) is 11.5. The SMILES string of the molecule is CC[C@H]1OC(=O)[C@H](C)C(=O)[C@H](C)[C@@H](OC2O[C@H](C)C[C@H](N(C)C)[C@H]2O)[C@](C)(OC)C[C@@H](C)C(=O)[C@H](C)[C@H]2N(CCCCn3cnc(-c4cccnc4)c3)C(=O)O[C@]12COS(C)(=O)=O. The number of aryl methyl sites for hydroxylation is 1. The standard InChI is InChI=1S/C44H67N5O13S/c1-12-34-44(24-58-63(11,55)56)38(49(42(54)62-44)19-14-13-18-48-23-32(46-25-48)31-16-15-17-45-22-31)28(4)35(50)26(2)21-43(7,57-10)39(29(5)36(51)30(6)40(53)60-34)61-41-37(52)33(47(8)9)20-27(3)59-41/h15-17,22-23,25-30,33-34,37-39,41,52H,12-14,18-21,24H2,1-11H3/t26-,27-,28+,29+,30-,33+,34-,37-,38-,39-,41?,43-,44-/m1/s1. The number of hydrogen-bond acceptors (Lipinski definition) is 16. The van der Waals surface area contributed by atoms with Gasteiger partial charge in [-0.05, 0) is 79.1 Å². The van der Waals surface area contributed by atoms with Crippen molar-refractivity contribution in [3.8, 4) is 11.3 Å². The molecule has 2 aromatic heterocycles. The maximum Gasteiger partial charge on any atom is 0.411 e. The first kappa shape index (κ1) is 50.2. The summed E-state index contributed by atoms with van der Waals surface area (Å²) in [5.74, 6) is -6.19. The zero-order chi connectivity index (χ0) is 46.6. The Morgan fingerprint density at radius 2 is 1.73 bits per heavy atom. The number of rotatable bonds is 14. The maximum atomic E-state index is 14.9. The van der Waals surface area contributed by atoms with Crippen molar-refractivity contribution in [3.63, 3.8) is 0 Å². The van der Waals surface area contributed by atoms with Crippen LogP contribution in [-0.2, 0) is 58.9 Å². The number of ether oxygens (including phenoxy) is 5. The van der Waals surface area contributed by atoms with E-state index in [-0.39, 0.29) is 37.3 Å². The van der Waals surface area contributed by atoms with Gasteiger partial charge in [0.1, 0.15) is 30.5 Å². The van der Waals surface area contributed by atoms with Gasteiger partial charge in [0.05, 0.1) is 42.1 Å². The summed E-state index contributed by atoms with van der Waals surface area (Å²) in [4.78, 5) is 69.7. The van der Waals surface area contributed by atoms with Gasteiger partial charge in [-0.2, -0.15) is 8.42 Å². The van der Waals surface area contributed by atoms with E-state index < -0.39 is 100 Å². The van der Waals surface area contributed by atoms with E-state index in [1.807, 2.05) is 48.8 Å². The minimum Gasteiger partial charge on any atom is -0.457 e. The molecule has 5 heterocycles. The maximum absolute atomic E-state index is 14.9. The normalized spacial score (nSPS) is 35.0. The van der Waals surface area contributed by atoms with Gasteiger partial charge < -0.3 is 43.2 Å². The van der Waals surface area contributed by atoms with Crippen molar-refractivity contribution in [3.05, 3.63) is 37.1 Å². The molecule has 0 aromatic carbocycles. The second kappa shape index (κ2) is 20.5. The van der Waals surface area contributed by atoms with E-state index in [0.717, 1.165) is 17.5 Å². The minimum atomic E-state index is -4.16. The second-order valence-electron chi connectivity index (χ2n) is 18.1. The highest BCUT2D eigenvalue weighted by molar-refractivity contribution is 7.86. The molecule has 5 rings (SSSR count). The van der Waals surface area contributed by atoms with E-state index in [4.69, 9.17) is 27.9 Å². The summed E-state index contributed by atoms with van der Waals surface area (Å²) >= 11 is 0. The largest absolute Gasteiger partial charge is 0.457 e. The molecule has 3 fully saturated rings. The Bertz CT molecular complexity index is 2020. The number of unbranched alkanes of at least 4 members (excludes halogenated alkanes) is 1. The minimum absolute atomic E-state index is 0.000766. The van der Waals surface area contributed by atoms with E-state index in [2.05, 4.69) is 9.97 Å². The van der Waals surface area contributed by atoms with Crippen LogP contribution in [0.15, 0.2) is 37.1 Å². The number of amides is 1. The molecule has 2 aromatic rings. The molecule has 0 bridgehead atoms. The fourth-order valence-corrected chi connectivity index (χ4v) is 10.0. The Labute approximate surface area is 371 Å². The molecule has 352 valence electrons. The number of esters is 1. The van der Waals surface area contributed by atoms with Crippen LogP contribution >= 0.6 is 0 Å². The number of imidazole rings is 1. The van der Waals surface area contributed by atoms with E-state index >= 15 is 0 Å². The smallest absolute Gasteiger partial charge is 0.411 e. The number of likely N-dealkylation sites (N-methyl/N-ethyl adjacent to an activating group) is 1. The van der Waals surface area contributed by atoms with Gasteiger partial charge in [0.2, 0.25) is 0 Å². The average Bonchev–Trinajstić information content (AvgIpc) is 3.83. The van der Waals surface area contributed by atoms with Gasteiger partial charge in [0, 0.05) is 68.1 Å². The van der Waals surface area contributed by atoms with Crippen LogP contribution in [-0.4, -0.2) is 156 Å². The van der Waals surface area contributed by atoms with Gasteiger partial charge in [-0.15, -0.1) is 0 Å². The molecule has 3 aliphatic heterocycles. The van der Waals surface area contributed by atoms with Crippen molar-refractivity contribution in [1.29, 1.82) is 0 Å². The highest BCUT2D eigenvalue weighted by atomic mass is 32.2.